The summed E-state index contributed by atoms with van der Waals surface area (Å²) in [5.41, 5.74) is 0.795. The number of hydrogen-bond donors (Lipinski definition) is 2. The van der Waals surface area contributed by atoms with Crippen LogP contribution in [0.15, 0.2) is 33.7 Å². The predicted molar refractivity (Wildman–Crippen MR) is 69.0 cm³/mol. The Morgan fingerprint density at radius 3 is 2.53 bits per heavy atom. The van der Waals surface area contributed by atoms with Gasteiger partial charge in [-0.3, -0.25) is 0 Å². The molecule has 0 saturated carbocycles. The molecule has 1 heterocycles. The molecule has 2 rings (SSSR count). The van der Waals surface area contributed by atoms with E-state index in [0.717, 1.165) is 5.69 Å². The maximum Gasteiger partial charge on any atom is 0.238 e. The van der Waals surface area contributed by atoms with Gasteiger partial charge in [0, 0.05) is 18.7 Å². The Hall–Kier alpha value is -1.93. The molecule has 0 fully saturated rings. The monoisotopic (exact) mass is 282 g/mol. The molecule has 3 N–H and O–H groups in total. The summed E-state index contributed by atoms with van der Waals surface area (Å²) < 4.78 is 27.1. The molecule has 0 amide bonds. The number of hydrogen-bond acceptors (Lipinski definition) is 6. The van der Waals surface area contributed by atoms with Gasteiger partial charge in [0.1, 0.15) is 0 Å². The highest BCUT2D eigenvalue weighted by Gasteiger charge is 2.06. The van der Waals surface area contributed by atoms with Crippen LogP contribution in [-0.4, -0.2) is 25.1 Å². The molecule has 0 radical (unpaired) electrons. The van der Waals surface area contributed by atoms with Gasteiger partial charge in [-0.15, -0.1) is 0 Å². The smallest absolute Gasteiger partial charge is 0.238 e. The van der Waals surface area contributed by atoms with Crippen LogP contribution in [-0.2, 0) is 16.4 Å². The van der Waals surface area contributed by atoms with Crippen LogP contribution >= 0.6 is 0 Å². The van der Waals surface area contributed by atoms with Crippen molar-refractivity contribution in [2.75, 3.05) is 11.9 Å². The third-order valence-corrected chi connectivity index (χ3v) is 3.35. The molecule has 0 unspecified atom stereocenters. The van der Waals surface area contributed by atoms with Crippen LogP contribution < -0.4 is 10.5 Å². The fourth-order valence-corrected chi connectivity index (χ4v) is 2.03. The number of aryl methyl sites for hydroxylation is 1. The van der Waals surface area contributed by atoms with Gasteiger partial charge in [-0.05, 0) is 31.2 Å². The van der Waals surface area contributed by atoms with Gasteiger partial charge in [0.2, 0.25) is 15.9 Å². The topological polar surface area (TPSA) is 111 Å². The maximum absolute atomic E-state index is 11.1. The van der Waals surface area contributed by atoms with Crippen molar-refractivity contribution in [3.05, 3.63) is 36.0 Å². The molecule has 0 aliphatic carbocycles. The molecule has 0 aliphatic rings. The molecule has 2 aromatic rings. The lowest BCUT2D eigenvalue weighted by Crippen LogP contribution is -2.12. The maximum atomic E-state index is 11.1. The van der Waals surface area contributed by atoms with Crippen LogP contribution in [0.5, 0.6) is 0 Å². The normalized spacial score (nSPS) is 11.5. The predicted octanol–water partition coefficient (Wildman–Crippen LogP) is 0.680. The van der Waals surface area contributed by atoms with E-state index in [1.54, 1.807) is 19.1 Å². The third-order valence-electron chi connectivity index (χ3n) is 2.42. The number of aromatic nitrogens is 2. The van der Waals surface area contributed by atoms with Gasteiger partial charge in [-0.25, -0.2) is 13.6 Å². The second kappa shape index (κ2) is 5.37. The van der Waals surface area contributed by atoms with E-state index in [0.29, 0.717) is 24.7 Å². The average Bonchev–Trinajstić information content (AvgIpc) is 2.75. The largest absolute Gasteiger partial charge is 0.385 e. The number of anilines is 1. The minimum Gasteiger partial charge on any atom is -0.385 e. The summed E-state index contributed by atoms with van der Waals surface area (Å²) >= 11 is 0. The summed E-state index contributed by atoms with van der Waals surface area (Å²) in [4.78, 5) is 4.16. The molecule has 0 aliphatic heterocycles. The van der Waals surface area contributed by atoms with E-state index in [1.165, 1.54) is 12.1 Å². The molecule has 0 spiro atoms. The number of nitrogens with two attached hydrogens (primary N) is 1. The number of nitrogens with one attached hydrogen (secondary N) is 1. The minimum absolute atomic E-state index is 0.0885. The highest BCUT2D eigenvalue weighted by atomic mass is 32.2. The first-order valence-electron chi connectivity index (χ1n) is 5.61. The number of benzene rings is 1. The van der Waals surface area contributed by atoms with Crippen molar-refractivity contribution >= 4 is 15.7 Å². The first-order valence-corrected chi connectivity index (χ1v) is 7.16. The highest BCUT2D eigenvalue weighted by Crippen LogP contribution is 2.12. The van der Waals surface area contributed by atoms with E-state index in [4.69, 9.17) is 9.66 Å². The van der Waals surface area contributed by atoms with E-state index >= 15 is 0 Å². The number of nitrogens with zero attached hydrogens (tertiary/aromatic N) is 2. The van der Waals surface area contributed by atoms with Gasteiger partial charge in [-0.1, -0.05) is 5.16 Å². The highest BCUT2D eigenvalue weighted by molar-refractivity contribution is 7.89. The van der Waals surface area contributed by atoms with Gasteiger partial charge in [-0.2, -0.15) is 4.98 Å². The van der Waals surface area contributed by atoms with Crippen molar-refractivity contribution in [3.8, 4) is 0 Å². The third kappa shape index (κ3) is 3.76. The van der Waals surface area contributed by atoms with Crippen LogP contribution in [0.25, 0.3) is 0 Å². The molecule has 0 bridgehead atoms. The van der Waals surface area contributed by atoms with E-state index in [9.17, 15) is 8.42 Å². The van der Waals surface area contributed by atoms with Gasteiger partial charge in [0.15, 0.2) is 5.82 Å². The van der Waals surface area contributed by atoms with E-state index in [2.05, 4.69) is 15.5 Å². The van der Waals surface area contributed by atoms with Gasteiger partial charge in [0.05, 0.1) is 4.90 Å². The molecule has 1 aromatic heterocycles. The number of primary sulfonamides is 1. The van der Waals surface area contributed by atoms with Crippen molar-refractivity contribution in [2.24, 2.45) is 5.14 Å². The summed E-state index contributed by atoms with van der Waals surface area (Å²) in [5.74, 6) is 1.17. The molecule has 7 nitrogen and oxygen atoms in total. The van der Waals surface area contributed by atoms with Gasteiger partial charge >= 0.3 is 0 Å². The Kier molecular flexibility index (Phi) is 3.82. The van der Waals surface area contributed by atoms with Crippen LogP contribution in [0.3, 0.4) is 0 Å². The van der Waals surface area contributed by atoms with Gasteiger partial charge in [0.25, 0.3) is 0 Å². The summed E-state index contributed by atoms with van der Waals surface area (Å²) in [5, 5.41) is 11.8. The molecule has 0 saturated heterocycles. The first kappa shape index (κ1) is 13.5. The quantitative estimate of drug-likeness (QED) is 0.834. The number of rotatable bonds is 5. The fourth-order valence-electron chi connectivity index (χ4n) is 1.52. The molecule has 19 heavy (non-hydrogen) atoms. The van der Waals surface area contributed by atoms with Crippen molar-refractivity contribution < 1.29 is 12.9 Å². The SMILES string of the molecule is Cc1noc(CCNc2ccc(S(N)(=O)=O)cc2)n1. The Balaban J connectivity index is 1.90. The summed E-state index contributed by atoms with van der Waals surface area (Å²) in [6.45, 7) is 2.36. The van der Waals surface area contributed by atoms with Crippen LogP contribution in [0, 0.1) is 6.92 Å². The van der Waals surface area contributed by atoms with Crippen LogP contribution in [0.2, 0.25) is 0 Å². The summed E-state index contributed by atoms with van der Waals surface area (Å²) in [6, 6.07) is 6.21. The lowest BCUT2D eigenvalue weighted by atomic mass is 10.3. The first-order chi connectivity index (χ1) is 8.95. The van der Waals surface area contributed by atoms with E-state index in [-0.39, 0.29) is 4.90 Å². The van der Waals surface area contributed by atoms with E-state index < -0.39 is 10.0 Å². The lowest BCUT2D eigenvalue weighted by molar-refractivity contribution is 0.377. The Morgan fingerprint density at radius 1 is 1.32 bits per heavy atom. The van der Waals surface area contributed by atoms with Crippen LogP contribution in [0.1, 0.15) is 11.7 Å². The zero-order valence-electron chi connectivity index (χ0n) is 10.3. The molecular formula is C11H14N4O3S. The molecule has 8 heteroatoms. The standard InChI is InChI=1S/C11H14N4O3S/c1-8-14-11(18-15-8)6-7-13-9-2-4-10(5-3-9)19(12,16)17/h2-5,13H,6-7H2,1H3,(H2,12,16,17). The van der Waals surface area contributed by atoms with Crippen molar-refractivity contribution in [1.29, 1.82) is 0 Å². The van der Waals surface area contributed by atoms with E-state index in [1.807, 2.05) is 0 Å². The molecule has 1 aromatic carbocycles. The average molecular weight is 282 g/mol. The summed E-state index contributed by atoms with van der Waals surface area (Å²) in [6.07, 6.45) is 0.595. The Bertz CT molecular complexity index is 649. The minimum atomic E-state index is -3.64. The molecular weight excluding hydrogens is 268 g/mol. The van der Waals surface area contributed by atoms with Crippen molar-refractivity contribution in [1.82, 2.24) is 10.1 Å². The van der Waals surface area contributed by atoms with Crippen LogP contribution in [0.4, 0.5) is 5.69 Å². The summed E-state index contributed by atoms with van der Waals surface area (Å²) in [7, 11) is -3.64. The molecule has 0 atom stereocenters. The zero-order chi connectivity index (χ0) is 13.9. The fraction of sp³-hybridized carbons (Fsp3) is 0.273. The lowest BCUT2D eigenvalue weighted by Gasteiger charge is -2.05. The second-order valence-electron chi connectivity index (χ2n) is 3.98. The van der Waals surface area contributed by atoms with Crippen molar-refractivity contribution in [2.45, 2.75) is 18.2 Å². The molecule has 102 valence electrons. The Morgan fingerprint density at radius 2 is 2.00 bits per heavy atom. The van der Waals surface area contributed by atoms with Crippen molar-refractivity contribution in [3.63, 3.8) is 0 Å². The second-order valence-corrected chi connectivity index (χ2v) is 5.54. The van der Waals surface area contributed by atoms with Gasteiger partial charge < -0.3 is 9.84 Å². The zero-order valence-corrected chi connectivity index (χ0v) is 11.1. The number of sulfonamides is 1. The Labute approximate surface area is 110 Å².